The van der Waals surface area contributed by atoms with Gasteiger partial charge in [-0.3, -0.25) is 4.79 Å². The van der Waals surface area contributed by atoms with Crippen molar-refractivity contribution < 1.29 is 9.53 Å². The van der Waals surface area contributed by atoms with Crippen LogP contribution in [-0.4, -0.2) is 30.2 Å². The average Bonchev–Trinajstić information content (AvgIpc) is 2.10. The first kappa shape index (κ1) is 12.4. The van der Waals surface area contributed by atoms with Gasteiger partial charge in [-0.25, -0.2) is 0 Å². The summed E-state index contributed by atoms with van der Waals surface area (Å²) in [6, 6.07) is 0.157. The normalized spacial score (nSPS) is 27.9. The summed E-state index contributed by atoms with van der Waals surface area (Å²) < 4.78 is 5.29. The zero-order chi connectivity index (χ0) is 11.6. The van der Waals surface area contributed by atoms with Crippen LogP contribution in [0.25, 0.3) is 0 Å². The summed E-state index contributed by atoms with van der Waals surface area (Å²) in [6.45, 7) is 4.16. The first-order chi connectivity index (χ1) is 6.87. The maximum Gasteiger partial charge on any atom is 0.227 e. The van der Waals surface area contributed by atoms with Gasteiger partial charge in [0, 0.05) is 18.6 Å². The van der Waals surface area contributed by atoms with Crippen LogP contribution in [0.5, 0.6) is 0 Å². The van der Waals surface area contributed by atoms with E-state index in [1.54, 1.807) is 7.11 Å². The first-order valence-electron chi connectivity index (χ1n) is 4.98. The Balaban J connectivity index is 2.42. The topological polar surface area (TPSA) is 64.3 Å². The summed E-state index contributed by atoms with van der Waals surface area (Å²) in [7, 11) is 1.69. The van der Waals surface area contributed by atoms with Crippen molar-refractivity contribution in [3.63, 3.8) is 0 Å². The zero-order valence-electron chi connectivity index (χ0n) is 9.37. The third kappa shape index (κ3) is 2.66. The van der Waals surface area contributed by atoms with E-state index in [4.69, 9.17) is 10.5 Å². The molecule has 1 rings (SSSR count). The molecular formula is C10H18N2O2S. The molecule has 1 aliphatic carbocycles. The Hall–Kier alpha value is -0.680. The molecule has 0 radical (unpaired) electrons. The molecule has 1 aliphatic rings. The van der Waals surface area contributed by atoms with Gasteiger partial charge < -0.3 is 15.8 Å². The number of nitrogens with two attached hydrogens (primary N) is 1. The van der Waals surface area contributed by atoms with Gasteiger partial charge in [0.1, 0.15) is 0 Å². The number of thiocarbonyl (C=S) groups is 1. The van der Waals surface area contributed by atoms with E-state index in [9.17, 15) is 4.79 Å². The van der Waals surface area contributed by atoms with Crippen LogP contribution in [0.2, 0.25) is 0 Å². The highest BCUT2D eigenvalue weighted by atomic mass is 32.1. The molecule has 0 bridgehead atoms. The van der Waals surface area contributed by atoms with E-state index < -0.39 is 0 Å². The van der Waals surface area contributed by atoms with Crippen molar-refractivity contribution >= 4 is 23.1 Å². The molecule has 2 atom stereocenters. The van der Waals surface area contributed by atoms with Crippen molar-refractivity contribution in [2.24, 2.45) is 11.1 Å². The van der Waals surface area contributed by atoms with Crippen molar-refractivity contribution in [2.75, 3.05) is 7.11 Å². The minimum atomic E-state index is -0.102. The third-order valence-corrected chi connectivity index (χ3v) is 3.28. The number of rotatable bonds is 4. The van der Waals surface area contributed by atoms with Gasteiger partial charge in [-0.1, -0.05) is 26.1 Å². The summed E-state index contributed by atoms with van der Waals surface area (Å²) >= 11 is 4.67. The number of hydrogen-bond acceptors (Lipinski definition) is 3. The second kappa shape index (κ2) is 4.45. The number of amides is 1. The van der Waals surface area contributed by atoms with Crippen LogP contribution >= 0.6 is 12.2 Å². The Labute approximate surface area is 95.5 Å². The molecule has 1 amide bonds. The highest BCUT2D eigenvalue weighted by Gasteiger charge is 2.49. The predicted octanol–water partition coefficient (Wildman–Crippen LogP) is 0.592. The number of carbonyl (C=O) groups excluding carboxylic acids is 1. The third-order valence-electron chi connectivity index (χ3n) is 3.13. The molecule has 0 saturated heterocycles. The molecule has 0 heterocycles. The minimum Gasteiger partial charge on any atom is -0.393 e. The lowest BCUT2D eigenvalue weighted by atomic mass is 9.64. The Morgan fingerprint density at radius 2 is 2.27 bits per heavy atom. The number of nitrogens with one attached hydrogen (secondary N) is 1. The Morgan fingerprint density at radius 1 is 1.67 bits per heavy atom. The lowest BCUT2D eigenvalue weighted by Gasteiger charge is -2.51. The Kier molecular flexibility index (Phi) is 3.67. The molecule has 0 aliphatic heterocycles. The van der Waals surface area contributed by atoms with Crippen LogP contribution < -0.4 is 11.1 Å². The largest absolute Gasteiger partial charge is 0.393 e. The van der Waals surface area contributed by atoms with E-state index in [2.05, 4.69) is 31.4 Å². The molecule has 0 aromatic rings. The van der Waals surface area contributed by atoms with Gasteiger partial charge in [-0.2, -0.15) is 0 Å². The summed E-state index contributed by atoms with van der Waals surface area (Å²) in [5.41, 5.74) is 5.28. The van der Waals surface area contributed by atoms with Gasteiger partial charge in [0.2, 0.25) is 5.91 Å². The summed E-state index contributed by atoms with van der Waals surface area (Å²) in [6.07, 6.45) is 1.19. The molecule has 5 heteroatoms. The molecule has 2 unspecified atom stereocenters. The van der Waals surface area contributed by atoms with E-state index >= 15 is 0 Å². The monoisotopic (exact) mass is 230 g/mol. The Bertz CT molecular complexity index is 279. The van der Waals surface area contributed by atoms with Gasteiger partial charge in [0.15, 0.2) is 0 Å². The van der Waals surface area contributed by atoms with Gasteiger partial charge in [0.25, 0.3) is 0 Å². The first-order valence-corrected chi connectivity index (χ1v) is 5.39. The highest BCUT2D eigenvalue weighted by Crippen LogP contribution is 2.42. The zero-order valence-corrected chi connectivity index (χ0v) is 10.2. The predicted molar refractivity (Wildman–Crippen MR) is 62.5 cm³/mol. The fourth-order valence-electron chi connectivity index (χ4n) is 1.93. The molecule has 15 heavy (non-hydrogen) atoms. The maximum absolute atomic E-state index is 11.4. The molecule has 1 saturated carbocycles. The van der Waals surface area contributed by atoms with Crippen molar-refractivity contribution in [1.82, 2.24) is 5.32 Å². The number of methoxy groups -OCH3 is 1. The van der Waals surface area contributed by atoms with E-state index in [0.717, 1.165) is 6.42 Å². The summed E-state index contributed by atoms with van der Waals surface area (Å²) in [4.78, 5) is 11.6. The number of ether oxygens (including phenoxy) is 1. The highest BCUT2D eigenvalue weighted by molar-refractivity contribution is 7.80. The van der Waals surface area contributed by atoms with Gasteiger partial charge in [0.05, 0.1) is 17.5 Å². The molecule has 1 fully saturated rings. The lowest BCUT2D eigenvalue weighted by Crippen LogP contribution is -2.61. The molecule has 4 nitrogen and oxygen atoms in total. The van der Waals surface area contributed by atoms with Crippen molar-refractivity contribution in [2.45, 2.75) is 38.8 Å². The smallest absolute Gasteiger partial charge is 0.227 e. The van der Waals surface area contributed by atoms with Crippen LogP contribution in [0, 0.1) is 5.41 Å². The molecule has 86 valence electrons. The van der Waals surface area contributed by atoms with Gasteiger partial charge >= 0.3 is 0 Å². The second-order valence-electron chi connectivity index (χ2n) is 4.54. The quantitative estimate of drug-likeness (QED) is 0.694. The molecule has 0 aromatic carbocycles. The Morgan fingerprint density at radius 3 is 2.67 bits per heavy atom. The van der Waals surface area contributed by atoms with E-state index in [1.165, 1.54) is 0 Å². The summed E-state index contributed by atoms with van der Waals surface area (Å²) in [5, 5.41) is 2.92. The average molecular weight is 230 g/mol. The standard InChI is InChI=1S/C10H18N2O2S/c1-10(2)6(4-7(10)14-3)12-9(13)5-8(11)15/h6-7H,4-5H2,1-3H3,(H2,11,15)(H,12,13). The fourth-order valence-corrected chi connectivity index (χ4v) is 2.07. The van der Waals surface area contributed by atoms with Crippen molar-refractivity contribution in [1.29, 1.82) is 0 Å². The number of carbonyl (C=O) groups is 1. The number of hydrogen-bond donors (Lipinski definition) is 2. The minimum absolute atomic E-state index is 0.0133. The SMILES string of the molecule is COC1CC(NC(=O)CC(N)=S)C1(C)C. The van der Waals surface area contributed by atoms with Crippen LogP contribution in [0.15, 0.2) is 0 Å². The van der Waals surface area contributed by atoms with Crippen LogP contribution in [0.4, 0.5) is 0 Å². The van der Waals surface area contributed by atoms with Gasteiger partial charge in [-0.15, -0.1) is 0 Å². The van der Waals surface area contributed by atoms with E-state index in [0.29, 0.717) is 0 Å². The van der Waals surface area contributed by atoms with Crippen molar-refractivity contribution in [3.8, 4) is 0 Å². The molecule has 3 N–H and O–H groups in total. The second-order valence-corrected chi connectivity index (χ2v) is 5.07. The van der Waals surface area contributed by atoms with E-state index in [1.807, 2.05) is 0 Å². The fraction of sp³-hybridized carbons (Fsp3) is 0.800. The van der Waals surface area contributed by atoms with Crippen LogP contribution in [-0.2, 0) is 9.53 Å². The molecule has 0 aromatic heterocycles. The molecular weight excluding hydrogens is 212 g/mol. The lowest BCUT2D eigenvalue weighted by molar-refractivity contribution is -0.131. The molecule has 0 spiro atoms. The van der Waals surface area contributed by atoms with Crippen molar-refractivity contribution in [3.05, 3.63) is 0 Å². The van der Waals surface area contributed by atoms with Gasteiger partial charge in [-0.05, 0) is 6.42 Å². The van der Waals surface area contributed by atoms with Crippen LogP contribution in [0.3, 0.4) is 0 Å². The maximum atomic E-state index is 11.4. The summed E-state index contributed by atoms with van der Waals surface area (Å²) in [5.74, 6) is -0.102. The van der Waals surface area contributed by atoms with E-state index in [-0.39, 0.29) is 34.9 Å². The van der Waals surface area contributed by atoms with Crippen LogP contribution in [0.1, 0.15) is 26.7 Å².